The van der Waals surface area contributed by atoms with Crippen LogP contribution in [0.4, 0.5) is 11.4 Å². The number of nitrogens with one attached hydrogen (secondary N) is 2. The minimum atomic E-state index is -0.264. The van der Waals surface area contributed by atoms with Crippen molar-refractivity contribution in [1.82, 2.24) is 0 Å². The number of amides is 2. The van der Waals surface area contributed by atoms with Crippen molar-refractivity contribution in [3.8, 4) is 17.2 Å². The molecule has 0 fully saturated rings. The normalized spacial score (nSPS) is 10.4. The van der Waals surface area contributed by atoms with Gasteiger partial charge in [0, 0.05) is 24.1 Å². The van der Waals surface area contributed by atoms with Crippen molar-refractivity contribution in [2.75, 3.05) is 30.5 Å². The topological polar surface area (TPSA) is 85.9 Å². The molecule has 7 heteroatoms. The molecule has 0 aromatic heterocycles. The van der Waals surface area contributed by atoms with E-state index in [1.54, 1.807) is 36.4 Å². The number of hydrogen-bond donors (Lipinski definition) is 2. The predicted octanol–water partition coefficient (Wildman–Crippen LogP) is 5.84. The average molecular weight is 477 g/mol. The molecular formula is C28H32N2O5. The molecule has 0 heterocycles. The molecule has 0 saturated heterocycles. The lowest BCUT2D eigenvalue weighted by molar-refractivity contribution is -0.116. The molecule has 0 spiro atoms. The zero-order valence-corrected chi connectivity index (χ0v) is 20.4. The van der Waals surface area contributed by atoms with Crippen molar-refractivity contribution >= 4 is 23.2 Å². The maximum atomic E-state index is 12.7. The molecule has 0 bridgehead atoms. The highest BCUT2D eigenvalue weighted by Gasteiger charge is 2.17. The van der Waals surface area contributed by atoms with E-state index in [4.69, 9.17) is 14.2 Å². The van der Waals surface area contributed by atoms with E-state index in [-0.39, 0.29) is 18.2 Å². The Balaban J connectivity index is 1.67. The predicted molar refractivity (Wildman–Crippen MR) is 138 cm³/mol. The first-order valence-electron chi connectivity index (χ1n) is 11.8. The van der Waals surface area contributed by atoms with Crippen LogP contribution in [0.1, 0.15) is 42.6 Å². The summed E-state index contributed by atoms with van der Waals surface area (Å²) in [6.45, 7) is 6.94. The van der Waals surface area contributed by atoms with Crippen LogP contribution in [0.25, 0.3) is 0 Å². The molecule has 0 atom stereocenters. The Kier molecular flexibility index (Phi) is 9.54. The highest BCUT2D eigenvalue weighted by atomic mass is 16.5. The van der Waals surface area contributed by atoms with Crippen molar-refractivity contribution in [2.45, 2.75) is 33.6 Å². The maximum absolute atomic E-state index is 12.7. The molecule has 7 nitrogen and oxygen atoms in total. The lowest BCUT2D eigenvalue weighted by Gasteiger charge is -2.18. The standard InChI is InChI=1S/C28H32N2O5/c1-4-33-25-19-24(30-28(32)21-12-7-6-8-13-21)26(34-5-2)18-23(25)29-27(31)15-10-16-35-22-14-9-11-20(3)17-22/h6-9,11-14,17-19H,4-5,10,15-16H2,1-3H3,(H,29,31)(H,30,32). The summed E-state index contributed by atoms with van der Waals surface area (Å²) in [5, 5.41) is 5.78. The number of benzene rings is 3. The van der Waals surface area contributed by atoms with Gasteiger partial charge in [0.2, 0.25) is 5.91 Å². The minimum Gasteiger partial charge on any atom is -0.494 e. The van der Waals surface area contributed by atoms with Gasteiger partial charge >= 0.3 is 0 Å². The molecule has 2 N–H and O–H groups in total. The van der Waals surface area contributed by atoms with Gasteiger partial charge in [-0.15, -0.1) is 0 Å². The fourth-order valence-corrected chi connectivity index (χ4v) is 3.43. The number of ether oxygens (including phenoxy) is 3. The largest absolute Gasteiger partial charge is 0.494 e. The summed E-state index contributed by atoms with van der Waals surface area (Å²) in [6.07, 6.45) is 0.848. The Labute approximate surface area is 206 Å². The quantitative estimate of drug-likeness (QED) is 0.321. The molecule has 0 aliphatic rings. The fourth-order valence-electron chi connectivity index (χ4n) is 3.43. The van der Waals surface area contributed by atoms with Gasteiger partial charge in [-0.25, -0.2) is 0 Å². The number of anilines is 2. The summed E-state index contributed by atoms with van der Waals surface area (Å²) in [5.41, 5.74) is 2.60. The van der Waals surface area contributed by atoms with E-state index in [2.05, 4.69) is 10.6 Å². The van der Waals surface area contributed by atoms with E-state index in [0.29, 0.717) is 54.7 Å². The van der Waals surface area contributed by atoms with Gasteiger partial charge < -0.3 is 24.8 Å². The molecule has 0 aliphatic carbocycles. The highest BCUT2D eigenvalue weighted by molar-refractivity contribution is 6.05. The molecule has 3 rings (SSSR count). The number of aryl methyl sites for hydroxylation is 1. The molecule has 184 valence electrons. The van der Waals surface area contributed by atoms with Crippen molar-refractivity contribution in [2.24, 2.45) is 0 Å². The summed E-state index contributed by atoms with van der Waals surface area (Å²) in [7, 11) is 0. The Morgan fingerprint density at radius 2 is 1.43 bits per heavy atom. The molecule has 3 aromatic rings. The summed E-state index contributed by atoms with van der Waals surface area (Å²) >= 11 is 0. The van der Waals surface area contributed by atoms with Gasteiger partial charge in [-0.2, -0.15) is 0 Å². The van der Waals surface area contributed by atoms with Gasteiger partial charge in [-0.3, -0.25) is 9.59 Å². The van der Waals surface area contributed by atoms with Gasteiger partial charge in [0.25, 0.3) is 5.91 Å². The number of rotatable bonds is 12. The summed E-state index contributed by atoms with van der Waals surface area (Å²) in [6, 6.07) is 20.1. The van der Waals surface area contributed by atoms with Gasteiger partial charge in [0.05, 0.1) is 31.2 Å². The minimum absolute atomic E-state index is 0.165. The third kappa shape index (κ3) is 7.78. The molecule has 0 saturated carbocycles. The molecule has 0 radical (unpaired) electrons. The van der Waals surface area contributed by atoms with E-state index in [1.165, 1.54) is 0 Å². The van der Waals surface area contributed by atoms with Crippen LogP contribution in [-0.2, 0) is 4.79 Å². The fraction of sp³-hybridized carbons (Fsp3) is 0.286. The van der Waals surface area contributed by atoms with E-state index in [1.807, 2.05) is 51.1 Å². The Bertz CT molecular complexity index is 1130. The molecule has 0 unspecified atom stereocenters. The van der Waals surface area contributed by atoms with Crippen molar-refractivity contribution < 1.29 is 23.8 Å². The van der Waals surface area contributed by atoms with Crippen molar-refractivity contribution in [3.05, 3.63) is 77.9 Å². The Hall–Kier alpha value is -4.00. The van der Waals surface area contributed by atoms with Gasteiger partial charge in [-0.1, -0.05) is 30.3 Å². The van der Waals surface area contributed by atoms with Gasteiger partial charge in [0.1, 0.15) is 17.2 Å². The van der Waals surface area contributed by atoms with Crippen LogP contribution in [0.3, 0.4) is 0 Å². The Morgan fingerprint density at radius 3 is 2.06 bits per heavy atom. The number of carbonyl (C=O) groups is 2. The molecule has 2 amide bonds. The average Bonchev–Trinajstić information content (AvgIpc) is 2.85. The molecule has 3 aromatic carbocycles. The molecule has 35 heavy (non-hydrogen) atoms. The van der Waals surface area contributed by atoms with Crippen LogP contribution in [0.5, 0.6) is 17.2 Å². The van der Waals surface area contributed by atoms with Gasteiger partial charge in [0.15, 0.2) is 0 Å². The Morgan fingerprint density at radius 1 is 0.771 bits per heavy atom. The van der Waals surface area contributed by atoms with Crippen LogP contribution in [0.15, 0.2) is 66.7 Å². The maximum Gasteiger partial charge on any atom is 0.255 e. The van der Waals surface area contributed by atoms with Crippen LogP contribution in [0, 0.1) is 6.92 Å². The van der Waals surface area contributed by atoms with Gasteiger partial charge in [-0.05, 0) is 57.0 Å². The number of hydrogen-bond acceptors (Lipinski definition) is 5. The second-order valence-electron chi connectivity index (χ2n) is 7.85. The highest BCUT2D eigenvalue weighted by Crippen LogP contribution is 2.37. The van der Waals surface area contributed by atoms with Crippen LogP contribution in [0.2, 0.25) is 0 Å². The van der Waals surface area contributed by atoms with Crippen LogP contribution < -0.4 is 24.8 Å². The summed E-state index contributed by atoms with van der Waals surface area (Å²) < 4.78 is 17.2. The first-order chi connectivity index (χ1) is 17.0. The first-order valence-corrected chi connectivity index (χ1v) is 11.8. The zero-order chi connectivity index (χ0) is 25.0. The lowest BCUT2D eigenvalue weighted by atomic mass is 10.2. The van der Waals surface area contributed by atoms with Crippen LogP contribution in [-0.4, -0.2) is 31.6 Å². The van der Waals surface area contributed by atoms with E-state index < -0.39 is 0 Å². The monoisotopic (exact) mass is 476 g/mol. The van der Waals surface area contributed by atoms with E-state index >= 15 is 0 Å². The second-order valence-corrected chi connectivity index (χ2v) is 7.85. The summed E-state index contributed by atoms with van der Waals surface area (Å²) in [5.74, 6) is 1.25. The third-order valence-corrected chi connectivity index (χ3v) is 5.05. The zero-order valence-electron chi connectivity index (χ0n) is 20.4. The van der Waals surface area contributed by atoms with E-state index in [0.717, 1.165) is 11.3 Å². The first kappa shape index (κ1) is 25.6. The lowest BCUT2D eigenvalue weighted by Crippen LogP contribution is -2.16. The van der Waals surface area contributed by atoms with Crippen molar-refractivity contribution in [1.29, 1.82) is 0 Å². The second kappa shape index (κ2) is 13.0. The third-order valence-electron chi connectivity index (χ3n) is 5.05. The van der Waals surface area contributed by atoms with E-state index in [9.17, 15) is 9.59 Å². The summed E-state index contributed by atoms with van der Waals surface area (Å²) in [4.78, 5) is 25.3. The van der Waals surface area contributed by atoms with Crippen LogP contribution >= 0.6 is 0 Å². The number of carbonyl (C=O) groups excluding carboxylic acids is 2. The SMILES string of the molecule is CCOc1cc(NC(=O)c2ccccc2)c(OCC)cc1NC(=O)CCCOc1cccc(C)c1. The van der Waals surface area contributed by atoms with Crippen molar-refractivity contribution in [3.63, 3.8) is 0 Å². The smallest absolute Gasteiger partial charge is 0.255 e. The molecular weight excluding hydrogens is 444 g/mol. The molecule has 0 aliphatic heterocycles.